The van der Waals surface area contributed by atoms with Gasteiger partial charge in [0, 0.05) is 18.7 Å². The molecule has 3 nitrogen and oxygen atoms in total. The molecule has 0 saturated heterocycles. The maximum Gasteiger partial charge on any atom is 0.139 e. The Morgan fingerprint density at radius 2 is 1.77 bits per heavy atom. The SMILES string of the molecule is CNc1cc(O)c(C(C)C)cc1O. The summed E-state index contributed by atoms with van der Waals surface area (Å²) in [5, 5.41) is 21.8. The van der Waals surface area contributed by atoms with Gasteiger partial charge >= 0.3 is 0 Å². The molecule has 0 bridgehead atoms. The highest BCUT2D eigenvalue weighted by molar-refractivity contribution is 5.61. The number of rotatable bonds is 2. The van der Waals surface area contributed by atoms with Gasteiger partial charge in [0.15, 0.2) is 0 Å². The first-order valence-corrected chi connectivity index (χ1v) is 4.30. The van der Waals surface area contributed by atoms with E-state index in [0.717, 1.165) is 5.56 Å². The fraction of sp³-hybridized carbons (Fsp3) is 0.400. The van der Waals surface area contributed by atoms with Crippen LogP contribution in [-0.2, 0) is 0 Å². The molecule has 0 spiro atoms. The first-order valence-electron chi connectivity index (χ1n) is 4.30. The number of benzene rings is 1. The van der Waals surface area contributed by atoms with Gasteiger partial charge in [-0.3, -0.25) is 0 Å². The van der Waals surface area contributed by atoms with Crippen LogP contribution in [0.25, 0.3) is 0 Å². The number of nitrogens with one attached hydrogen (secondary N) is 1. The van der Waals surface area contributed by atoms with E-state index in [1.807, 2.05) is 13.8 Å². The van der Waals surface area contributed by atoms with Gasteiger partial charge in [-0.25, -0.2) is 0 Å². The molecule has 0 heterocycles. The first-order chi connectivity index (χ1) is 6.06. The summed E-state index contributed by atoms with van der Waals surface area (Å²) in [6.07, 6.45) is 0. The fourth-order valence-corrected chi connectivity index (χ4v) is 1.26. The van der Waals surface area contributed by atoms with E-state index in [9.17, 15) is 10.2 Å². The van der Waals surface area contributed by atoms with Crippen LogP contribution in [0.1, 0.15) is 25.3 Å². The highest BCUT2D eigenvalue weighted by atomic mass is 16.3. The standard InChI is InChI=1S/C10H15NO2/c1-6(2)7-4-10(13)8(11-3)5-9(7)12/h4-6,11-13H,1-3H3. The van der Waals surface area contributed by atoms with E-state index in [-0.39, 0.29) is 17.4 Å². The van der Waals surface area contributed by atoms with Crippen LogP contribution < -0.4 is 5.32 Å². The van der Waals surface area contributed by atoms with Gasteiger partial charge in [0.1, 0.15) is 11.5 Å². The lowest BCUT2D eigenvalue weighted by atomic mass is 10.0. The number of hydrogen-bond acceptors (Lipinski definition) is 3. The Morgan fingerprint density at radius 1 is 1.15 bits per heavy atom. The maximum absolute atomic E-state index is 9.57. The van der Waals surface area contributed by atoms with Crippen molar-refractivity contribution in [3.63, 3.8) is 0 Å². The summed E-state index contributed by atoms with van der Waals surface area (Å²) in [6.45, 7) is 3.93. The van der Waals surface area contributed by atoms with E-state index in [0.29, 0.717) is 5.69 Å². The third kappa shape index (κ3) is 1.86. The van der Waals surface area contributed by atoms with Crippen LogP contribution in [-0.4, -0.2) is 17.3 Å². The van der Waals surface area contributed by atoms with Gasteiger partial charge in [-0.15, -0.1) is 0 Å². The fourth-order valence-electron chi connectivity index (χ4n) is 1.26. The predicted octanol–water partition coefficient (Wildman–Crippen LogP) is 2.26. The number of hydrogen-bond donors (Lipinski definition) is 3. The van der Waals surface area contributed by atoms with E-state index < -0.39 is 0 Å². The Hall–Kier alpha value is -1.38. The summed E-state index contributed by atoms with van der Waals surface area (Å²) in [5.41, 5.74) is 1.30. The molecule has 3 heteroatoms. The van der Waals surface area contributed by atoms with Crippen LogP contribution in [0.15, 0.2) is 12.1 Å². The zero-order valence-corrected chi connectivity index (χ0v) is 8.13. The van der Waals surface area contributed by atoms with Crippen molar-refractivity contribution in [2.75, 3.05) is 12.4 Å². The average molecular weight is 181 g/mol. The number of phenolic OH excluding ortho intramolecular Hbond substituents is 2. The second-order valence-electron chi connectivity index (χ2n) is 3.33. The molecule has 1 aromatic carbocycles. The van der Waals surface area contributed by atoms with Gasteiger partial charge in [-0.1, -0.05) is 13.8 Å². The lowest BCUT2D eigenvalue weighted by Gasteiger charge is -2.11. The van der Waals surface area contributed by atoms with Crippen molar-refractivity contribution in [1.82, 2.24) is 0 Å². The summed E-state index contributed by atoms with van der Waals surface area (Å²) >= 11 is 0. The summed E-state index contributed by atoms with van der Waals surface area (Å²) in [6, 6.07) is 3.12. The van der Waals surface area contributed by atoms with Crippen LogP contribution in [0.3, 0.4) is 0 Å². The molecule has 0 fully saturated rings. The molecule has 0 amide bonds. The van der Waals surface area contributed by atoms with Crippen molar-refractivity contribution in [3.8, 4) is 11.5 Å². The lowest BCUT2D eigenvalue weighted by Crippen LogP contribution is -1.93. The Morgan fingerprint density at radius 3 is 2.23 bits per heavy atom. The van der Waals surface area contributed by atoms with Gasteiger partial charge in [0.2, 0.25) is 0 Å². The molecule has 0 unspecified atom stereocenters. The largest absolute Gasteiger partial charge is 0.508 e. The molecular weight excluding hydrogens is 166 g/mol. The molecular formula is C10H15NO2. The van der Waals surface area contributed by atoms with Crippen molar-refractivity contribution in [2.45, 2.75) is 19.8 Å². The normalized spacial score (nSPS) is 10.5. The molecule has 72 valence electrons. The van der Waals surface area contributed by atoms with Crippen LogP contribution >= 0.6 is 0 Å². The maximum atomic E-state index is 9.57. The second kappa shape index (κ2) is 3.56. The van der Waals surface area contributed by atoms with Crippen molar-refractivity contribution < 1.29 is 10.2 Å². The number of phenols is 2. The van der Waals surface area contributed by atoms with Gasteiger partial charge in [-0.05, 0) is 12.0 Å². The lowest BCUT2D eigenvalue weighted by molar-refractivity contribution is 0.453. The van der Waals surface area contributed by atoms with E-state index in [2.05, 4.69) is 5.32 Å². The summed E-state index contributed by atoms with van der Waals surface area (Å²) in [5.74, 6) is 0.595. The minimum atomic E-state index is 0.170. The van der Waals surface area contributed by atoms with E-state index in [1.54, 1.807) is 13.1 Å². The number of aromatic hydroxyl groups is 2. The molecule has 0 radical (unpaired) electrons. The molecule has 0 aromatic heterocycles. The molecule has 1 rings (SSSR count). The topological polar surface area (TPSA) is 52.5 Å². The molecule has 1 aromatic rings. The zero-order chi connectivity index (χ0) is 10.0. The molecule has 0 atom stereocenters. The summed E-state index contributed by atoms with van der Waals surface area (Å²) in [4.78, 5) is 0. The summed E-state index contributed by atoms with van der Waals surface area (Å²) < 4.78 is 0. The minimum Gasteiger partial charge on any atom is -0.508 e. The van der Waals surface area contributed by atoms with Gasteiger partial charge in [0.25, 0.3) is 0 Å². The van der Waals surface area contributed by atoms with Gasteiger partial charge in [0.05, 0.1) is 5.69 Å². The van der Waals surface area contributed by atoms with Crippen molar-refractivity contribution in [2.24, 2.45) is 0 Å². The van der Waals surface area contributed by atoms with Crippen molar-refractivity contribution >= 4 is 5.69 Å². The Kier molecular flexibility index (Phi) is 2.66. The third-order valence-corrected chi connectivity index (χ3v) is 2.04. The first kappa shape index (κ1) is 9.71. The average Bonchev–Trinajstić information content (AvgIpc) is 2.07. The minimum absolute atomic E-state index is 0.170. The zero-order valence-electron chi connectivity index (χ0n) is 8.13. The van der Waals surface area contributed by atoms with Crippen LogP contribution in [0.5, 0.6) is 11.5 Å². The van der Waals surface area contributed by atoms with E-state index in [1.165, 1.54) is 6.07 Å². The Bertz CT molecular complexity index is 308. The highest BCUT2D eigenvalue weighted by Gasteiger charge is 2.09. The van der Waals surface area contributed by atoms with Crippen LogP contribution in [0.4, 0.5) is 5.69 Å². The quantitative estimate of drug-likeness (QED) is 0.484. The molecule has 0 saturated carbocycles. The van der Waals surface area contributed by atoms with Crippen molar-refractivity contribution in [1.29, 1.82) is 0 Å². The molecule has 0 aliphatic rings. The van der Waals surface area contributed by atoms with E-state index in [4.69, 9.17) is 0 Å². The van der Waals surface area contributed by atoms with E-state index >= 15 is 0 Å². The molecule has 0 aliphatic heterocycles. The molecule has 13 heavy (non-hydrogen) atoms. The van der Waals surface area contributed by atoms with Gasteiger partial charge < -0.3 is 15.5 Å². The highest BCUT2D eigenvalue weighted by Crippen LogP contribution is 2.34. The smallest absolute Gasteiger partial charge is 0.139 e. The van der Waals surface area contributed by atoms with Crippen LogP contribution in [0, 0.1) is 0 Å². The monoisotopic (exact) mass is 181 g/mol. The van der Waals surface area contributed by atoms with Crippen molar-refractivity contribution in [3.05, 3.63) is 17.7 Å². The second-order valence-corrected chi connectivity index (χ2v) is 3.33. The predicted molar refractivity (Wildman–Crippen MR) is 53.4 cm³/mol. The molecule has 3 N–H and O–H groups in total. The Balaban J connectivity index is 3.20. The number of anilines is 1. The third-order valence-electron chi connectivity index (χ3n) is 2.04. The Labute approximate surface area is 78.0 Å². The van der Waals surface area contributed by atoms with Crippen LogP contribution in [0.2, 0.25) is 0 Å². The summed E-state index contributed by atoms with van der Waals surface area (Å²) in [7, 11) is 1.70. The molecule has 0 aliphatic carbocycles. The van der Waals surface area contributed by atoms with Gasteiger partial charge in [-0.2, -0.15) is 0 Å².